The summed E-state index contributed by atoms with van der Waals surface area (Å²) in [6.07, 6.45) is 0. The van der Waals surface area contributed by atoms with Crippen LogP contribution in [0.25, 0.3) is 11.4 Å². The maximum Gasteiger partial charge on any atom is 0.291 e. The summed E-state index contributed by atoms with van der Waals surface area (Å²) in [6, 6.07) is 6.87. The molecule has 0 bridgehead atoms. The van der Waals surface area contributed by atoms with Crippen molar-refractivity contribution in [1.29, 1.82) is 0 Å². The fraction of sp³-hybridized carbons (Fsp3) is 0.308. The molecule has 0 saturated heterocycles. The summed E-state index contributed by atoms with van der Waals surface area (Å²) < 4.78 is 17.8. The van der Waals surface area contributed by atoms with Crippen molar-refractivity contribution in [3.63, 3.8) is 0 Å². The molecular weight excluding hydrogens is 203 g/mol. The zero-order valence-corrected chi connectivity index (χ0v) is 10.1. The van der Waals surface area contributed by atoms with E-state index in [-0.39, 0.29) is 5.82 Å². The van der Waals surface area contributed by atoms with Gasteiger partial charge < -0.3 is 0 Å². The summed E-state index contributed by atoms with van der Waals surface area (Å²) in [6.45, 7) is 4.08. The predicted octanol–water partition coefficient (Wildman–Crippen LogP) is 2.27. The van der Waals surface area contributed by atoms with E-state index in [0.29, 0.717) is 5.56 Å². The smallest absolute Gasteiger partial charge is 0.230 e. The molecule has 3 heteroatoms. The summed E-state index contributed by atoms with van der Waals surface area (Å²) in [5, 5.41) is 0. The van der Waals surface area contributed by atoms with Crippen LogP contribution < -0.4 is 4.57 Å². The second-order valence-corrected chi connectivity index (χ2v) is 4.09. The van der Waals surface area contributed by atoms with Crippen molar-refractivity contribution < 1.29 is 8.96 Å². The van der Waals surface area contributed by atoms with Gasteiger partial charge in [0.15, 0.2) is 0 Å². The highest BCUT2D eigenvalue weighted by Gasteiger charge is 2.23. The molecule has 0 saturated carbocycles. The zero-order valence-electron chi connectivity index (χ0n) is 10.1. The minimum atomic E-state index is -0.182. The van der Waals surface area contributed by atoms with Crippen molar-refractivity contribution in [2.45, 2.75) is 13.8 Å². The van der Waals surface area contributed by atoms with Gasteiger partial charge in [-0.3, -0.25) is 0 Å². The Balaban J connectivity index is 2.75. The third-order valence-corrected chi connectivity index (χ3v) is 3.28. The molecule has 1 aromatic heterocycles. The molecule has 2 nitrogen and oxygen atoms in total. The van der Waals surface area contributed by atoms with E-state index in [1.165, 1.54) is 6.07 Å². The molecule has 2 rings (SSSR count). The second kappa shape index (κ2) is 3.74. The van der Waals surface area contributed by atoms with Crippen LogP contribution in [-0.4, -0.2) is 4.57 Å². The first-order valence-corrected chi connectivity index (χ1v) is 5.31. The third-order valence-electron chi connectivity index (χ3n) is 3.28. The van der Waals surface area contributed by atoms with E-state index in [1.807, 2.05) is 49.2 Å². The minimum absolute atomic E-state index is 0.182. The summed E-state index contributed by atoms with van der Waals surface area (Å²) >= 11 is 0. The minimum Gasteiger partial charge on any atom is -0.230 e. The van der Waals surface area contributed by atoms with Gasteiger partial charge in [-0.15, -0.1) is 0 Å². The summed E-state index contributed by atoms with van der Waals surface area (Å²) in [5.74, 6) is 0.715. The SMILES string of the molecule is Cc1c(C)[n+](C)c(-c2ccccc2F)n1C. The normalized spacial score (nSPS) is 10.8. The number of benzene rings is 1. The van der Waals surface area contributed by atoms with Crippen molar-refractivity contribution >= 4 is 0 Å². The van der Waals surface area contributed by atoms with Gasteiger partial charge in [-0.25, -0.2) is 13.5 Å². The first-order chi connectivity index (χ1) is 7.54. The number of imidazole rings is 1. The molecule has 0 amide bonds. The number of aromatic nitrogens is 2. The molecule has 16 heavy (non-hydrogen) atoms. The molecule has 0 aliphatic heterocycles. The maximum atomic E-state index is 13.7. The number of nitrogens with zero attached hydrogens (tertiary/aromatic N) is 2. The van der Waals surface area contributed by atoms with Gasteiger partial charge in [0.2, 0.25) is 0 Å². The molecule has 0 spiro atoms. The van der Waals surface area contributed by atoms with Crippen LogP contribution in [0.1, 0.15) is 11.4 Å². The standard InChI is InChI=1S/C13H16FN2/c1-9-10(2)16(4)13(15(9)3)11-7-5-6-8-12(11)14/h5-8H,1-4H3/q+1. The van der Waals surface area contributed by atoms with Crippen molar-refractivity contribution in [3.05, 3.63) is 41.5 Å². The van der Waals surface area contributed by atoms with Crippen molar-refractivity contribution in [2.75, 3.05) is 0 Å². The third kappa shape index (κ3) is 1.43. The Labute approximate surface area is 95.0 Å². The van der Waals surface area contributed by atoms with E-state index in [1.54, 1.807) is 6.07 Å². The van der Waals surface area contributed by atoms with Gasteiger partial charge in [0, 0.05) is 13.8 Å². The largest absolute Gasteiger partial charge is 0.291 e. The van der Waals surface area contributed by atoms with Crippen LogP contribution in [0.2, 0.25) is 0 Å². The van der Waals surface area contributed by atoms with Crippen molar-refractivity contribution in [1.82, 2.24) is 4.57 Å². The molecule has 0 fully saturated rings. The molecule has 84 valence electrons. The Morgan fingerprint density at radius 3 is 2.31 bits per heavy atom. The molecule has 0 atom stereocenters. The number of hydrogen-bond donors (Lipinski definition) is 0. The van der Waals surface area contributed by atoms with E-state index in [2.05, 4.69) is 0 Å². The quantitative estimate of drug-likeness (QED) is 0.651. The van der Waals surface area contributed by atoms with Gasteiger partial charge in [0.25, 0.3) is 5.82 Å². The topological polar surface area (TPSA) is 8.81 Å². The molecule has 0 N–H and O–H groups in total. The van der Waals surface area contributed by atoms with Gasteiger partial charge in [-0.2, -0.15) is 0 Å². The summed E-state index contributed by atoms with van der Waals surface area (Å²) in [7, 11) is 3.92. The Bertz CT molecular complexity index is 516. The van der Waals surface area contributed by atoms with E-state index < -0.39 is 0 Å². The first kappa shape index (κ1) is 10.9. The molecule has 1 heterocycles. The molecule has 1 aromatic carbocycles. The lowest BCUT2D eigenvalue weighted by Gasteiger charge is -2.00. The van der Waals surface area contributed by atoms with Gasteiger partial charge in [-0.05, 0) is 12.1 Å². The lowest BCUT2D eigenvalue weighted by Crippen LogP contribution is -2.32. The van der Waals surface area contributed by atoms with E-state index >= 15 is 0 Å². The first-order valence-electron chi connectivity index (χ1n) is 5.31. The van der Waals surface area contributed by atoms with Crippen LogP contribution in [0.5, 0.6) is 0 Å². The number of hydrogen-bond acceptors (Lipinski definition) is 0. The lowest BCUT2D eigenvalue weighted by atomic mass is 10.2. The van der Waals surface area contributed by atoms with Crippen LogP contribution in [0.15, 0.2) is 24.3 Å². The predicted molar refractivity (Wildman–Crippen MR) is 61.5 cm³/mol. The van der Waals surface area contributed by atoms with Crippen molar-refractivity contribution in [3.8, 4) is 11.4 Å². The van der Waals surface area contributed by atoms with Crippen LogP contribution in [-0.2, 0) is 14.1 Å². The zero-order chi connectivity index (χ0) is 11.9. The van der Waals surface area contributed by atoms with Gasteiger partial charge in [0.05, 0.1) is 19.7 Å². The summed E-state index contributed by atoms with van der Waals surface area (Å²) in [5.41, 5.74) is 2.95. The van der Waals surface area contributed by atoms with Crippen LogP contribution in [0, 0.1) is 19.7 Å². The highest BCUT2D eigenvalue weighted by Crippen LogP contribution is 2.21. The van der Waals surface area contributed by atoms with Gasteiger partial charge in [-0.1, -0.05) is 12.1 Å². The highest BCUT2D eigenvalue weighted by molar-refractivity contribution is 5.54. The van der Waals surface area contributed by atoms with E-state index in [9.17, 15) is 4.39 Å². The molecule has 0 radical (unpaired) electrons. The lowest BCUT2D eigenvalue weighted by molar-refractivity contribution is -0.665. The van der Waals surface area contributed by atoms with Gasteiger partial charge >= 0.3 is 0 Å². The Hall–Kier alpha value is -1.64. The Morgan fingerprint density at radius 1 is 1.19 bits per heavy atom. The van der Waals surface area contributed by atoms with Crippen molar-refractivity contribution in [2.24, 2.45) is 14.1 Å². The fourth-order valence-electron chi connectivity index (χ4n) is 2.03. The average Bonchev–Trinajstić information content (AvgIpc) is 2.45. The number of rotatable bonds is 1. The van der Waals surface area contributed by atoms with Crippen LogP contribution in [0.3, 0.4) is 0 Å². The Morgan fingerprint density at radius 2 is 1.81 bits per heavy atom. The van der Waals surface area contributed by atoms with Crippen LogP contribution >= 0.6 is 0 Å². The molecule has 2 aromatic rings. The molecular formula is C13H16FN2+. The van der Waals surface area contributed by atoms with E-state index in [4.69, 9.17) is 0 Å². The van der Waals surface area contributed by atoms with Crippen LogP contribution in [0.4, 0.5) is 4.39 Å². The summed E-state index contributed by atoms with van der Waals surface area (Å²) in [4.78, 5) is 0. The average molecular weight is 219 g/mol. The second-order valence-electron chi connectivity index (χ2n) is 4.09. The monoisotopic (exact) mass is 219 g/mol. The Kier molecular flexibility index (Phi) is 2.54. The maximum absolute atomic E-state index is 13.7. The number of halogens is 1. The van der Waals surface area contributed by atoms with Gasteiger partial charge in [0.1, 0.15) is 17.2 Å². The fourth-order valence-corrected chi connectivity index (χ4v) is 2.03. The molecule has 0 aliphatic rings. The molecule has 0 aliphatic carbocycles. The highest BCUT2D eigenvalue weighted by atomic mass is 19.1. The van der Waals surface area contributed by atoms with E-state index in [0.717, 1.165) is 17.2 Å². The molecule has 0 unspecified atom stereocenters.